The topological polar surface area (TPSA) is 21.3 Å². The van der Waals surface area contributed by atoms with Crippen molar-refractivity contribution in [3.63, 3.8) is 0 Å². The van der Waals surface area contributed by atoms with E-state index in [1.165, 1.54) is 23.2 Å². The summed E-state index contributed by atoms with van der Waals surface area (Å²) in [6.45, 7) is 1.67. The van der Waals surface area contributed by atoms with Crippen molar-refractivity contribution in [1.29, 1.82) is 0 Å². The van der Waals surface area contributed by atoms with Crippen LogP contribution in [0.1, 0.15) is 17.5 Å². The molecule has 0 radical (unpaired) electrons. The molecule has 0 amide bonds. The van der Waals surface area contributed by atoms with Gasteiger partial charge in [-0.05, 0) is 54.3 Å². The molecule has 0 bridgehead atoms. The van der Waals surface area contributed by atoms with Gasteiger partial charge in [-0.1, -0.05) is 23.7 Å². The molecule has 0 atom stereocenters. The minimum atomic E-state index is 0.592. The van der Waals surface area contributed by atoms with Gasteiger partial charge in [-0.15, -0.1) is 0 Å². The van der Waals surface area contributed by atoms with Crippen molar-refractivity contribution in [3.05, 3.63) is 58.6 Å². The maximum Gasteiger partial charge on any atom is 0.119 e. The van der Waals surface area contributed by atoms with Crippen LogP contribution in [0.2, 0.25) is 5.02 Å². The normalized spacial score (nSPS) is 13.5. The minimum absolute atomic E-state index is 0.592. The first-order valence-electron chi connectivity index (χ1n) is 6.55. The van der Waals surface area contributed by atoms with Gasteiger partial charge in [0.05, 0.1) is 0 Å². The molecule has 0 fully saturated rings. The molecule has 1 heterocycles. The molecule has 0 saturated heterocycles. The van der Waals surface area contributed by atoms with Crippen LogP contribution in [0, 0.1) is 0 Å². The molecule has 1 aliphatic rings. The molecule has 2 aromatic rings. The predicted octanol–water partition coefficient (Wildman–Crippen LogP) is 4.28. The summed E-state index contributed by atoms with van der Waals surface area (Å²) < 4.78 is 5.76. The fourth-order valence-corrected chi connectivity index (χ4v) is 2.44. The van der Waals surface area contributed by atoms with E-state index in [0.29, 0.717) is 6.61 Å². The Morgan fingerprint density at radius 1 is 1.11 bits per heavy atom. The lowest BCUT2D eigenvalue weighted by Crippen LogP contribution is -2.12. The van der Waals surface area contributed by atoms with E-state index in [9.17, 15) is 0 Å². The Labute approximate surface area is 118 Å². The summed E-state index contributed by atoms with van der Waals surface area (Å²) >= 11 is 5.85. The minimum Gasteiger partial charge on any atom is -0.489 e. The highest BCUT2D eigenvalue weighted by Gasteiger charge is 2.08. The molecule has 2 nitrogen and oxygen atoms in total. The summed E-state index contributed by atoms with van der Waals surface area (Å²) in [6, 6.07) is 14.0. The number of ether oxygens (including phenoxy) is 1. The zero-order valence-corrected chi connectivity index (χ0v) is 11.4. The molecule has 0 aliphatic carbocycles. The molecule has 3 rings (SSSR count). The number of hydrogen-bond donors (Lipinski definition) is 1. The summed E-state index contributed by atoms with van der Waals surface area (Å²) in [5, 5.41) is 4.14. The van der Waals surface area contributed by atoms with E-state index in [2.05, 4.69) is 23.5 Å². The Morgan fingerprint density at radius 3 is 2.79 bits per heavy atom. The Bertz CT molecular complexity index is 565. The summed E-state index contributed by atoms with van der Waals surface area (Å²) in [4.78, 5) is 0. The fourth-order valence-electron chi connectivity index (χ4n) is 2.32. The van der Waals surface area contributed by atoms with Crippen LogP contribution in [0.5, 0.6) is 5.75 Å². The van der Waals surface area contributed by atoms with Crippen molar-refractivity contribution >= 4 is 17.3 Å². The van der Waals surface area contributed by atoms with Gasteiger partial charge in [0.25, 0.3) is 0 Å². The van der Waals surface area contributed by atoms with Gasteiger partial charge in [-0.3, -0.25) is 0 Å². The maximum absolute atomic E-state index is 5.85. The Hall–Kier alpha value is -1.67. The van der Waals surface area contributed by atoms with E-state index in [4.69, 9.17) is 16.3 Å². The average Bonchev–Trinajstić information content (AvgIpc) is 2.46. The van der Waals surface area contributed by atoms with Crippen molar-refractivity contribution in [1.82, 2.24) is 0 Å². The number of nitrogens with one attached hydrogen (secondary N) is 1. The van der Waals surface area contributed by atoms with Crippen LogP contribution in [-0.4, -0.2) is 6.54 Å². The largest absolute Gasteiger partial charge is 0.489 e. The Morgan fingerprint density at radius 2 is 1.95 bits per heavy atom. The van der Waals surface area contributed by atoms with Crippen molar-refractivity contribution in [2.45, 2.75) is 19.4 Å². The van der Waals surface area contributed by atoms with Gasteiger partial charge in [-0.25, -0.2) is 0 Å². The average molecular weight is 274 g/mol. The van der Waals surface area contributed by atoms with E-state index < -0.39 is 0 Å². The molecule has 98 valence electrons. The standard InChI is InChI=1S/C16H16ClNO/c17-14-4-6-15(7-5-14)19-11-12-3-8-16-13(10-12)2-1-9-18-16/h3-8,10,18H,1-2,9,11H2. The van der Waals surface area contributed by atoms with Crippen LogP contribution < -0.4 is 10.1 Å². The van der Waals surface area contributed by atoms with Crippen molar-refractivity contribution in [2.75, 3.05) is 11.9 Å². The summed E-state index contributed by atoms with van der Waals surface area (Å²) in [5.41, 5.74) is 3.86. The molecule has 0 aromatic heterocycles. The van der Waals surface area contributed by atoms with Crippen molar-refractivity contribution in [3.8, 4) is 5.75 Å². The van der Waals surface area contributed by atoms with Crippen LogP contribution >= 0.6 is 11.6 Å². The second-order valence-corrected chi connectivity index (χ2v) is 5.20. The second kappa shape index (κ2) is 5.54. The van der Waals surface area contributed by atoms with Crippen molar-refractivity contribution < 1.29 is 4.74 Å². The zero-order valence-electron chi connectivity index (χ0n) is 10.7. The van der Waals surface area contributed by atoms with Crippen LogP contribution in [0.3, 0.4) is 0 Å². The lowest BCUT2D eigenvalue weighted by Gasteiger charge is -2.18. The quantitative estimate of drug-likeness (QED) is 0.901. The van der Waals surface area contributed by atoms with Crippen molar-refractivity contribution in [2.24, 2.45) is 0 Å². The summed E-state index contributed by atoms with van der Waals surface area (Å²) in [6.07, 6.45) is 2.35. The van der Waals surface area contributed by atoms with Gasteiger partial charge in [0.1, 0.15) is 12.4 Å². The summed E-state index contributed by atoms with van der Waals surface area (Å²) in [5.74, 6) is 0.847. The van der Waals surface area contributed by atoms with Gasteiger partial charge in [-0.2, -0.15) is 0 Å². The number of halogens is 1. The third kappa shape index (κ3) is 3.02. The first-order chi connectivity index (χ1) is 9.31. The SMILES string of the molecule is Clc1ccc(OCc2ccc3c(c2)CCCN3)cc1. The molecule has 0 spiro atoms. The first kappa shape index (κ1) is 12.4. The Balaban J connectivity index is 1.68. The molecular formula is C16H16ClNO. The molecule has 19 heavy (non-hydrogen) atoms. The lowest BCUT2D eigenvalue weighted by molar-refractivity contribution is 0.306. The second-order valence-electron chi connectivity index (χ2n) is 4.76. The van der Waals surface area contributed by atoms with Crippen LogP contribution in [-0.2, 0) is 13.0 Å². The molecule has 0 unspecified atom stereocenters. The highest BCUT2D eigenvalue weighted by atomic mass is 35.5. The molecule has 1 N–H and O–H groups in total. The van der Waals surface area contributed by atoms with Crippen LogP contribution in [0.4, 0.5) is 5.69 Å². The number of hydrogen-bond acceptors (Lipinski definition) is 2. The number of anilines is 1. The highest BCUT2D eigenvalue weighted by molar-refractivity contribution is 6.30. The monoisotopic (exact) mass is 273 g/mol. The zero-order chi connectivity index (χ0) is 13.1. The fraction of sp³-hybridized carbons (Fsp3) is 0.250. The van der Waals surface area contributed by atoms with Gasteiger partial charge < -0.3 is 10.1 Å². The molecule has 3 heteroatoms. The van der Waals surface area contributed by atoms with Gasteiger partial charge in [0.15, 0.2) is 0 Å². The van der Waals surface area contributed by atoms with E-state index >= 15 is 0 Å². The van der Waals surface area contributed by atoms with Crippen LogP contribution in [0.15, 0.2) is 42.5 Å². The number of aryl methyl sites for hydroxylation is 1. The van der Waals surface area contributed by atoms with E-state index in [1.807, 2.05) is 24.3 Å². The maximum atomic E-state index is 5.85. The van der Waals surface area contributed by atoms with E-state index in [-0.39, 0.29) is 0 Å². The highest BCUT2D eigenvalue weighted by Crippen LogP contribution is 2.24. The Kier molecular flexibility index (Phi) is 3.60. The predicted molar refractivity (Wildman–Crippen MR) is 79.0 cm³/mol. The number of rotatable bonds is 3. The number of fused-ring (bicyclic) bond motifs is 1. The number of benzene rings is 2. The smallest absolute Gasteiger partial charge is 0.119 e. The first-order valence-corrected chi connectivity index (χ1v) is 6.93. The lowest BCUT2D eigenvalue weighted by atomic mass is 10.0. The summed E-state index contributed by atoms with van der Waals surface area (Å²) in [7, 11) is 0. The van der Waals surface area contributed by atoms with Crippen LogP contribution in [0.25, 0.3) is 0 Å². The molecule has 0 saturated carbocycles. The molecule has 2 aromatic carbocycles. The van der Waals surface area contributed by atoms with E-state index in [1.54, 1.807) is 0 Å². The van der Waals surface area contributed by atoms with Gasteiger partial charge in [0, 0.05) is 17.3 Å². The van der Waals surface area contributed by atoms with Gasteiger partial charge >= 0.3 is 0 Å². The van der Waals surface area contributed by atoms with E-state index in [0.717, 1.165) is 23.7 Å². The molecular weight excluding hydrogens is 258 g/mol. The third-order valence-corrected chi connectivity index (χ3v) is 3.58. The third-order valence-electron chi connectivity index (χ3n) is 3.33. The van der Waals surface area contributed by atoms with Gasteiger partial charge in [0.2, 0.25) is 0 Å². The molecule has 1 aliphatic heterocycles.